The van der Waals surface area contributed by atoms with Crippen molar-refractivity contribution in [1.29, 1.82) is 0 Å². The highest BCUT2D eigenvalue weighted by molar-refractivity contribution is 5.76. The predicted molar refractivity (Wildman–Crippen MR) is 59.8 cm³/mol. The Morgan fingerprint density at radius 2 is 2.12 bits per heavy atom. The van der Waals surface area contributed by atoms with Crippen molar-refractivity contribution in [1.82, 2.24) is 0 Å². The summed E-state index contributed by atoms with van der Waals surface area (Å²) in [5, 5.41) is 0. The monoisotopic (exact) mass is 220 g/mol. The molecule has 86 valence electrons. The molecule has 3 nitrogen and oxygen atoms in total. The first-order chi connectivity index (χ1) is 7.81. The topological polar surface area (TPSA) is 35.5 Å². The lowest BCUT2D eigenvalue weighted by Crippen LogP contribution is -2.10. The van der Waals surface area contributed by atoms with Crippen molar-refractivity contribution in [3.63, 3.8) is 0 Å². The molecule has 0 aromatic heterocycles. The third kappa shape index (κ3) is 2.83. The Kier molecular flexibility index (Phi) is 3.57. The third-order valence-corrected chi connectivity index (χ3v) is 2.63. The minimum absolute atomic E-state index is 0.0383. The molecule has 2 atom stereocenters. The van der Waals surface area contributed by atoms with Crippen LogP contribution in [0.2, 0.25) is 0 Å². The lowest BCUT2D eigenvalue weighted by molar-refractivity contribution is -0.145. The van der Waals surface area contributed by atoms with Crippen molar-refractivity contribution >= 4 is 5.97 Å². The van der Waals surface area contributed by atoms with E-state index in [4.69, 9.17) is 9.47 Å². The molecule has 1 aromatic rings. The molecule has 0 heterocycles. The Morgan fingerprint density at radius 1 is 1.38 bits per heavy atom. The van der Waals surface area contributed by atoms with E-state index in [-0.39, 0.29) is 18.0 Å². The van der Waals surface area contributed by atoms with Gasteiger partial charge in [0.25, 0.3) is 0 Å². The van der Waals surface area contributed by atoms with Gasteiger partial charge in [0.2, 0.25) is 0 Å². The normalized spacial score (nSPS) is 22.8. The molecular formula is C13H16O3. The zero-order chi connectivity index (χ0) is 11.4. The Balaban J connectivity index is 1.72. The molecule has 0 aliphatic heterocycles. The van der Waals surface area contributed by atoms with E-state index >= 15 is 0 Å². The van der Waals surface area contributed by atoms with E-state index in [0.717, 1.165) is 12.0 Å². The van der Waals surface area contributed by atoms with Crippen LogP contribution < -0.4 is 0 Å². The van der Waals surface area contributed by atoms with Gasteiger partial charge >= 0.3 is 5.97 Å². The van der Waals surface area contributed by atoms with Gasteiger partial charge in [0, 0.05) is 0 Å². The third-order valence-electron chi connectivity index (χ3n) is 2.63. The zero-order valence-electron chi connectivity index (χ0n) is 9.39. The number of ether oxygens (including phenoxy) is 2. The maximum Gasteiger partial charge on any atom is 0.311 e. The molecule has 3 heteroatoms. The summed E-state index contributed by atoms with van der Waals surface area (Å²) in [4.78, 5) is 11.3. The average Bonchev–Trinajstić information content (AvgIpc) is 3.08. The quantitative estimate of drug-likeness (QED) is 0.713. The molecule has 0 saturated heterocycles. The van der Waals surface area contributed by atoms with Crippen LogP contribution in [0.4, 0.5) is 0 Å². The van der Waals surface area contributed by atoms with Crippen molar-refractivity contribution in [2.75, 3.05) is 6.61 Å². The summed E-state index contributed by atoms with van der Waals surface area (Å²) < 4.78 is 10.5. The van der Waals surface area contributed by atoms with Gasteiger partial charge in [-0.3, -0.25) is 4.79 Å². The fourth-order valence-corrected chi connectivity index (χ4v) is 1.63. The van der Waals surface area contributed by atoms with Gasteiger partial charge in [-0.1, -0.05) is 30.3 Å². The minimum atomic E-state index is -0.124. The van der Waals surface area contributed by atoms with Gasteiger partial charge < -0.3 is 9.47 Å². The molecule has 0 N–H and O–H groups in total. The summed E-state index contributed by atoms with van der Waals surface area (Å²) in [6, 6.07) is 9.97. The van der Waals surface area contributed by atoms with Crippen LogP contribution >= 0.6 is 0 Å². The van der Waals surface area contributed by atoms with Crippen LogP contribution in [0.3, 0.4) is 0 Å². The van der Waals surface area contributed by atoms with Gasteiger partial charge in [0.1, 0.15) is 0 Å². The lowest BCUT2D eigenvalue weighted by Gasteiger charge is -2.03. The van der Waals surface area contributed by atoms with Crippen LogP contribution in [0.1, 0.15) is 18.9 Å². The second kappa shape index (κ2) is 5.12. The summed E-state index contributed by atoms with van der Waals surface area (Å²) in [6.45, 7) is 2.84. The Morgan fingerprint density at radius 3 is 2.81 bits per heavy atom. The summed E-state index contributed by atoms with van der Waals surface area (Å²) in [7, 11) is 0. The highest BCUT2D eigenvalue weighted by atomic mass is 16.5. The molecule has 1 fully saturated rings. The van der Waals surface area contributed by atoms with Crippen molar-refractivity contribution < 1.29 is 14.3 Å². The molecule has 16 heavy (non-hydrogen) atoms. The van der Waals surface area contributed by atoms with E-state index in [1.54, 1.807) is 0 Å². The summed E-state index contributed by atoms with van der Waals surface area (Å²) in [5.41, 5.74) is 1.14. The van der Waals surface area contributed by atoms with E-state index in [1.165, 1.54) is 0 Å². The molecule has 0 radical (unpaired) electrons. The molecule has 0 amide bonds. The summed E-state index contributed by atoms with van der Waals surface area (Å²) in [6.07, 6.45) is 0.852. The van der Waals surface area contributed by atoms with Gasteiger partial charge in [-0.15, -0.1) is 0 Å². The molecule has 1 aliphatic rings. The average molecular weight is 220 g/mol. The van der Waals surface area contributed by atoms with Crippen LogP contribution in [0.15, 0.2) is 30.3 Å². The first-order valence-electron chi connectivity index (χ1n) is 5.63. The van der Waals surface area contributed by atoms with E-state index < -0.39 is 0 Å². The van der Waals surface area contributed by atoms with Gasteiger partial charge in [0.05, 0.1) is 25.2 Å². The van der Waals surface area contributed by atoms with E-state index in [2.05, 4.69) is 0 Å². The van der Waals surface area contributed by atoms with Crippen LogP contribution in [0, 0.1) is 5.92 Å². The van der Waals surface area contributed by atoms with Crippen LogP contribution in [0.25, 0.3) is 0 Å². The van der Waals surface area contributed by atoms with Gasteiger partial charge in [-0.05, 0) is 18.9 Å². The van der Waals surface area contributed by atoms with Gasteiger partial charge in [-0.25, -0.2) is 0 Å². The second-order valence-corrected chi connectivity index (χ2v) is 3.93. The number of hydrogen-bond donors (Lipinski definition) is 0. The number of hydrogen-bond acceptors (Lipinski definition) is 3. The van der Waals surface area contributed by atoms with Crippen molar-refractivity contribution in [2.45, 2.75) is 26.1 Å². The smallest absolute Gasteiger partial charge is 0.311 e. The maximum atomic E-state index is 11.3. The van der Waals surface area contributed by atoms with E-state index in [0.29, 0.717) is 13.2 Å². The van der Waals surface area contributed by atoms with E-state index in [9.17, 15) is 4.79 Å². The van der Waals surface area contributed by atoms with Crippen LogP contribution in [-0.4, -0.2) is 18.7 Å². The van der Waals surface area contributed by atoms with Crippen molar-refractivity contribution in [3.05, 3.63) is 35.9 Å². The highest BCUT2D eigenvalue weighted by Crippen LogP contribution is 2.35. The fraction of sp³-hybridized carbons (Fsp3) is 0.462. The molecule has 1 saturated carbocycles. The van der Waals surface area contributed by atoms with Crippen molar-refractivity contribution in [3.8, 4) is 0 Å². The number of benzene rings is 1. The fourth-order valence-electron chi connectivity index (χ4n) is 1.63. The predicted octanol–water partition coefficient (Wildman–Crippen LogP) is 2.15. The number of rotatable bonds is 5. The summed E-state index contributed by atoms with van der Waals surface area (Å²) in [5.74, 6) is -0.163. The minimum Gasteiger partial charge on any atom is -0.466 e. The molecule has 1 aliphatic carbocycles. The Labute approximate surface area is 95.4 Å². The van der Waals surface area contributed by atoms with E-state index in [1.807, 2.05) is 37.3 Å². The number of carbonyl (C=O) groups is 1. The lowest BCUT2D eigenvalue weighted by atomic mass is 10.2. The Bertz CT molecular complexity index is 347. The SMILES string of the molecule is CCOC(=O)C1CC1OCc1ccccc1. The standard InChI is InChI=1S/C13H16O3/c1-2-15-13(14)11-8-12(11)16-9-10-6-4-3-5-7-10/h3-7,11-12H,2,8-9H2,1H3. The largest absolute Gasteiger partial charge is 0.466 e. The first kappa shape index (κ1) is 11.1. The Hall–Kier alpha value is -1.35. The second-order valence-electron chi connectivity index (χ2n) is 3.93. The van der Waals surface area contributed by atoms with Crippen LogP contribution in [-0.2, 0) is 20.9 Å². The van der Waals surface area contributed by atoms with Gasteiger partial charge in [0.15, 0.2) is 0 Å². The highest BCUT2D eigenvalue weighted by Gasteiger charge is 2.45. The van der Waals surface area contributed by atoms with Crippen molar-refractivity contribution in [2.24, 2.45) is 5.92 Å². The molecule has 1 aromatic carbocycles. The molecule has 2 unspecified atom stereocenters. The first-order valence-corrected chi connectivity index (χ1v) is 5.63. The molecule has 2 rings (SSSR count). The number of esters is 1. The number of carbonyl (C=O) groups excluding carboxylic acids is 1. The molecule has 0 bridgehead atoms. The maximum absolute atomic E-state index is 11.3. The molecule has 0 spiro atoms. The zero-order valence-corrected chi connectivity index (χ0v) is 9.39. The van der Waals surface area contributed by atoms with Crippen LogP contribution in [0.5, 0.6) is 0 Å². The van der Waals surface area contributed by atoms with Gasteiger partial charge in [-0.2, -0.15) is 0 Å². The molecular weight excluding hydrogens is 204 g/mol. The summed E-state index contributed by atoms with van der Waals surface area (Å²) >= 11 is 0.